The summed E-state index contributed by atoms with van der Waals surface area (Å²) in [5.74, 6) is 0. The smallest absolute Gasteiger partial charge is 0.234 e. The van der Waals surface area contributed by atoms with Crippen molar-refractivity contribution in [2.75, 3.05) is 0 Å². The van der Waals surface area contributed by atoms with Gasteiger partial charge in [0.25, 0.3) is 0 Å². The van der Waals surface area contributed by atoms with Crippen molar-refractivity contribution in [3.05, 3.63) is 35.3 Å². The molecule has 3 heteroatoms. The van der Waals surface area contributed by atoms with E-state index in [0.717, 1.165) is 6.21 Å². The standard InChI is InChI=1S/C6H6N2O/c7-5-6-3-1-2-4-8(6)9/h1-5,7H. The van der Waals surface area contributed by atoms with Crippen LogP contribution in [0.4, 0.5) is 0 Å². The molecule has 0 aromatic carbocycles. The van der Waals surface area contributed by atoms with Crippen LogP contribution in [0.1, 0.15) is 5.69 Å². The molecule has 0 fully saturated rings. The Morgan fingerprint density at radius 3 is 2.78 bits per heavy atom. The number of hydrogen-bond acceptors (Lipinski definition) is 2. The molecule has 0 radical (unpaired) electrons. The van der Waals surface area contributed by atoms with Crippen molar-refractivity contribution in [3.63, 3.8) is 0 Å². The average Bonchev–Trinajstić information content (AvgIpc) is 1.89. The number of nitrogens with zero attached hydrogens (tertiary/aromatic N) is 1. The predicted octanol–water partition coefficient (Wildman–Crippen LogP) is 0.318. The Morgan fingerprint density at radius 1 is 1.56 bits per heavy atom. The highest BCUT2D eigenvalue weighted by atomic mass is 16.5. The first-order valence-electron chi connectivity index (χ1n) is 2.53. The van der Waals surface area contributed by atoms with Gasteiger partial charge in [0.15, 0.2) is 6.20 Å². The zero-order chi connectivity index (χ0) is 6.69. The summed E-state index contributed by atoms with van der Waals surface area (Å²) in [6.07, 6.45) is 2.38. The molecule has 3 nitrogen and oxygen atoms in total. The lowest BCUT2D eigenvalue weighted by Gasteiger charge is -1.95. The summed E-state index contributed by atoms with van der Waals surface area (Å²) in [6, 6.07) is 4.93. The topological polar surface area (TPSA) is 50.8 Å². The highest BCUT2D eigenvalue weighted by Gasteiger charge is 1.94. The first-order valence-corrected chi connectivity index (χ1v) is 2.53. The molecule has 0 spiro atoms. The Hall–Kier alpha value is -1.38. The van der Waals surface area contributed by atoms with E-state index >= 15 is 0 Å². The number of rotatable bonds is 1. The lowest BCUT2D eigenvalue weighted by Crippen LogP contribution is -2.30. The summed E-state index contributed by atoms with van der Waals surface area (Å²) in [6.45, 7) is 0. The molecule has 1 aromatic heterocycles. The number of nitrogens with one attached hydrogen (secondary N) is 1. The van der Waals surface area contributed by atoms with E-state index < -0.39 is 0 Å². The molecule has 1 aromatic rings. The second-order valence-corrected chi connectivity index (χ2v) is 1.60. The van der Waals surface area contributed by atoms with Gasteiger partial charge in [-0.05, 0) is 6.07 Å². The maximum atomic E-state index is 10.6. The third-order valence-corrected chi connectivity index (χ3v) is 1.00. The molecule has 0 bridgehead atoms. The Kier molecular flexibility index (Phi) is 1.44. The van der Waals surface area contributed by atoms with Crippen LogP contribution in [-0.2, 0) is 0 Å². The second kappa shape index (κ2) is 2.26. The van der Waals surface area contributed by atoms with E-state index in [2.05, 4.69) is 0 Å². The SMILES string of the molecule is N=Cc1cccc[n+]1[O-]. The average molecular weight is 122 g/mol. The summed E-state index contributed by atoms with van der Waals surface area (Å²) < 4.78 is 0.646. The monoisotopic (exact) mass is 122 g/mol. The van der Waals surface area contributed by atoms with E-state index in [1.165, 1.54) is 6.20 Å². The van der Waals surface area contributed by atoms with Crippen molar-refractivity contribution in [1.29, 1.82) is 5.41 Å². The Morgan fingerprint density at radius 2 is 2.33 bits per heavy atom. The molecule has 1 N–H and O–H groups in total. The van der Waals surface area contributed by atoms with Gasteiger partial charge in [-0.2, -0.15) is 4.73 Å². The van der Waals surface area contributed by atoms with Crippen LogP contribution < -0.4 is 4.73 Å². The highest BCUT2D eigenvalue weighted by molar-refractivity contribution is 5.71. The van der Waals surface area contributed by atoms with Crippen molar-refractivity contribution in [2.24, 2.45) is 0 Å². The minimum Gasteiger partial charge on any atom is -0.618 e. The quantitative estimate of drug-likeness (QED) is 0.325. The molecular weight excluding hydrogens is 116 g/mol. The minimum atomic E-state index is 0.359. The zero-order valence-electron chi connectivity index (χ0n) is 4.74. The van der Waals surface area contributed by atoms with Gasteiger partial charge in [0.1, 0.15) is 0 Å². The lowest BCUT2D eigenvalue weighted by atomic mass is 10.4. The fraction of sp³-hybridized carbons (Fsp3) is 0. The van der Waals surface area contributed by atoms with Gasteiger partial charge in [-0.15, -0.1) is 0 Å². The van der Waals surface area contributed by atoms with Crippen LogP contribution in [0.25, 0.3) is 0 Å². The van der Waals surface area contributed by atoms with Gasteiger partial charge in [0, 0.05) is 12.1 Å². The molecule has 46 valence electrons. The molecule has 0 aliphatic rings. The molecule has 0 saturated carbocycles. The molecule has 0 atom stereocenters. The minimum absolute atomic E-state index is 0.359. The fourth-order valence-electron chi connectivity index (χ4n) is 0.553. The van der Waals surface area contributed by atoms with Crippen LogP contribution in [-0.4, -0.2) is 6.21 Å². The normalized spacial score (nSPS) is 8.89. The zero-order valence-corrected chi connectivity index (χ0v) is 4.74. The van der Waals surface area contributed by atoms with Crippen LogP contribution in [0.15, 0.2) is 24.4 Å². The molecule has 0 amide bonds. The van der Waals surface area contributed by atoms with Gasteiger partial charge in [0.2, 0.25) is 5.69 Å². The number of pyridine rings is 1. The van der Waals surface area contributed by atoms with Gasteiger partial charge in [-0.1, -0.05) is 0 Å². The highest BCUT2D eigenvalue weighted by Crippen LogP contribution is 1.83. The van der Waals surface area contributed by atoms with E-state index in [1.807, 2.05) is 0 Å². The molecule has 0 aliphatic heterocycles. The van der Waals surface area contributed by atoms with E-state index in [0.29, 0.717) is 10.4 Å². The van der Waals surface area contributed by atoms with Gasteiger partial charge in [0.05, 0.1) is 6.21 Å². The molecule has 0 aliphatic carbocycles. The van der Waals surface area contributed by atoms with Crippen LogP contribution in [0.5, 0.6) is 0 Å². The van der Waals surface area contributed by atoms with E-state index in [9.17, 15) is 5.21 Å². The summed E-state index contributed by atoms with van der Waals surface area (Å²) in [5, 5.41) is 17.4. The van der Waals surface area contributed by atoms with Crippen LogP contribution in [0.2, 0.25) is 0 Å². The summed E-state index contributed by atoms with van der Waals surface area (Å²) >= 11 is 0. The maximum Gasteiger partial charge on any atom is 0.234 e. The first-order chi connectivity index (χ1) is 4.34. The molecule has 9 heavy (non-hydrogen) atoms. The second-order valence-electron chi connectivity index (χ2n) is 1.60. The number of aromatic nitrogens is 1. The third kappa shape index (κ3) is 1.05. The van der Waals surface area contributed by atoms with Crippen LogP contribution in [0, 0.1) is 10.6 Å². The van der Waals surface area contributed by atoms with Crippen molar-refractivity contribution in [2.45, 2.75) is 0 Å². The Bertz CT molecular complexity index is 222. The maximum absolute atomic E-state index is 10.6. The van der Waals surface area contributed by atoms with Crippen LogP contribution in [0.3, 0.4) is 0 Å². The van der Waals surface area contributed by atoms with E-state index in [4.69, 9.17) is 5.41 Å². The predicted molar refractivity (Wildman–Crippen MR) is 33.3 cm³/mol. The lowest BCUT2D eigenvalue weighted by molar-refractivity contribution is -0.606. The van der Waals surface area contributed by atoms with Crippen molar-refractivity contribution >= 4 is 6.21 Å². The number of hydrogen-bond donors (Lipinski definition) is 1. The van der Waals surface area contributed by atoms with Gasteiger partial charge in [-0.3, -0.25) is 0 Å². The molecular formula is C6H6N2O. The van der Waals surface area contributed by atoms with E-state index in [-0.39, 0.29) is 0 Å². The third-order valence-electron chi connectivity index (χ3n) is 1.00. The first kappa shape index (κ1) is 5.75. The largest absolute Gasteiger partial charge is 0.618 e. The van der Waals surface area contributed by atoms with E-state index in [1.54, 1.807) is 18.2 Å². The summed E-state index contributed by atoms with van der Waals surface area (Å²) in [5.41, 5.74) is 0.359. The van der Waals surface area contributed by atoms with Crippen molar-refractivity contribution in [1.82, 2.24) is 0 Å². The summed E-state index contributed by atoms with van der Waals surface area (Å²) in [4.78, 5) is 0. The van der Waals surface area contributed by atoms with Crippen molar-refractivity contribution < 1.29 is 4.73 Å². The molecule has 1 rings (SSSR count). The molecule has 0 unspecified atom stereocenters. The van der Waals surface area contributed by atoms with Crippen LogP contribution >= 0.6 is 0 Å². The van der Waals surface area contributed by atoms with Crippen molar-refractivity contribution in [3.8, 4) is 0 Å². The summed E-state index contributed by atoms with van der Waals surface area (Å²) in [7, 11) is 0. The van der Waals surface area contributed by atoms with Gasteiger partial charge >= 0.3 is 0 Å². The molecule has 0 saturated heterocycles. The van der Waals surface area contributed by atoms with Gasteiger partial charge in [-0.25, -0.2) is 0 Å². The van der Waals surface area contributed by atoms with Gasteiger partial charge < -0.3 is 10.6 Å². The fourth-order valence-corrected chi connectivity index (χ4v) is 0.553. The molecule has 1 heterocycles. The Labute approximate surface area is 52.7 Å². The Balaban J connectivity index is 3.15.